The summed E-state index contributed by atoms with van der Waals surface area (Å²) in [5.74, 6) is 1.43. The lowest BCUT2D eigenvalue weighted by molar-refractivity contribution is -0.120. The van der Waals surface area contributed by atoms with E-state index in [4.69, 9.17) is 4.74 Å². The fourth-order valence-corrected chi connectivity index (χ4v) is 4.24. The molecule has 0 bridgehead atoms. The smallest absolute Gasteiger partial charge is 0.225 e. The van der Waals surface area contributed by atoms with E-state index in [1.807, 2.05) is 54.6 Å². The average Bonchev–Trinajstić information content (AvgIpc) is 2.73. The first-order valence-electron chi connectivity index (χ1n) is 9.55. The van der Waals surface area contributed by atoms with Gasteiger partial charge in [0.1, 0.15) is 12.4 Å². The van der Waals surface area contributed by atoms with Gasteiger partial charge in [-0.15, -0.1) is 11.8 Å². The van der Waals surface area contributed by atoms with Gasteiger partial charge in [0.05, 0.1) is 16.7 Å². The summed E-state index contributed by atoms with van der Waals surface area (Å²) in [6.45, 7) is 2.64. The topological polar surface area (TPSA) is 62.1 Å². The van der Waals surface area contributed by atoms with E-state index in [2.05, 4.69) is 18.3 Å². The van der Waals surface area contributed by atoms with Crippen molar-refractivity contribution in [2.45, 2.75) is 38.7 Å². The SMILES string of the molecule is CCCCSC1=C(C#N)[C@H](c2ccc(OCc3ccccc3)cc2)CC(=O)N1. The normalized spacial score (nSPS) is 16.4. The van der Waals surface area contributed by atoms with Gasteiger partial charge in [-0.1, -0.05) is 55.8 Å². The van der Waals surface area contributed by atoms with Crippen LogP contribution in [0.3, 0.4) is 0 Å². The molecule has 5 heteroatoms. The maximum absolute atomic E-state index is 12.2. The average molecular weight is 393 g/mol. The Morgan fingerprint density at radius 1 is 1.18 bits per heavy atom. The van der Waals surface area contributed by atoms with Crippen LogP contribution in [0.1, 0.15) is 43.2 Å². The van der Waals surface area contributed by atoms with Crippen molar-refractivity contribution in [1.29, 1.82) is 5.26 Å². The summed E-state index contributed by atoms with van der Waals surface area (Å²) in [6.07, 6.45) is 2.44. The predicted molar refractivity (Wildman–Crippen MR) is 113 cm³/mol. The lowest BCUT2D eigenvalue weighted by Gasteiger charge is -2.25. The molecule has 0 spiro atoms. The molecule has 1 aliphatic rings. The molecular weight excluding hydrogens is 368 g/mol. The highest BCUT2D eigenvalue weighted by atomic mass is 32.2. The van der Waals surface area contributed by atoms with Gasteiger partial charge in [-0.2, -0.15) is 5.26 Å². The molecule has 4 nitrogen and oxygen atoms in total. The summed E-state index contributed by atoms with van der Waals surface area (Å²) in [5, 5.41) is 13.3. The number of ether oxygens (including phenoxy) is 1. The molecule has 3 rings (SSSR count). The van der Waals surface area contributed by atoms with Crippen molar-refractivity contribution in [2.75, 3.05) is 5.75 Å². The number of rotatable bonds is 8. The van der Waals surface area contributed by atoms with Crippen LogP contribution in [0.4, 0.5) is 0 Å². The first kappa shape index (κ1) is 20.0. The molecule has 0 radical (unpaired) electrons. The Balaban J connectivity index is 1.72. The molecule has 1 aliphatic heterocycles. The van der Waals surface area contributed by atoms with Crippen molar-refractivity contribution in [1.82, 2.24) is 5.32 Å². The quantitative estimate of drug-likeness (QED) is 0.632. The Kier molecular flexibility index (Phi) is 7.16. The number of nitriles is 1. The van der Waals surface area contributed by atoms with Crippen LogP contribution in [0.25, 0.3) is 0 Å². The molecule has 0 fully saturated rings. The van der Waals surface area contributed by atoms with E-state index >= 15 is 0 Å². The molecule has 2 aromatic carbocycles. The van der Waals surface area contributed by atoms with E-state index in [1.165, 1.54) is 0 Å². The van der Waals surface area contributed by atoms with Gasteiger partial charge in [-0.3, -0.25) is 4.79 Å². The Bertz CT molecular complexity index is 870. The number of nitrogens with zero attached hydrogens (tertiary/aromatic N) is 1. The molecule has 144 valence electrons. The number of nitrogens with one attached hydrogen (secondary N) is 1. The largest absolute Gasteiger partial charge is 0.489 e. The van der Waals surface area contributed by atoms with E-state index in [1.54, 1.807) is 11.8 Å². The summed E-state index contributed by atoms with van der Waals surface area (Å²) < 4.78 is 5.83. The number of amides is 1. The highest BCUT2D eigenvalue weighted by Crippen LogP contribution is 2.36. The van der Waals surface area contributed by atoms with E-state index in [-0.39, 0.29) is 11.8 Å². The number of thioether (sulfide) groups is 1. The van der Waals surface area contributed by atoms with Crippen LogP contribution in [0.2, 0.25) is 0 Å². The van der Waals surface area contributed by atoms with Crippen molar-refractivity contribution >= 4 is 17.7 Å². The Labute approximate surface area is 170 Å². The number of benzene rings is 2. The van der Waals surface area contributed by atoms with Gasteiger partial charge in [0.25, 0.3) is 0 Å². The van der Waals surface area contributed by atoms with E-state index < -0.39 is 0 Å². The van der Waals surface area contributed by atoms with E-state index in [0.717, 1.165) is 35.5 Å². The van der Waals surface area contributed by atoms with Crippen LogP contribution in [0.15, 0.2) is 65.2 Å². The van der Waals surface area contributed by atoms with Gasteiger partial charge in [0.15, 0.2) is 0 Å². The summed E-state index contributed by atoms with van der Waals surface area (Å²) in [4.78, 5) is 12.2. The van der Waals surface area contributed by atoms with Gasteiger partial charge in [0, 0.05) is 12.3 Å². The fraction of sp³-hybridized carbons (Fsp3) is 0.304. The summed E-state index contributed by atoms with van der Waals surface area (Å²) in [7, 11) is 0. The molecular formula is C23H24N2O2S. The lowest BCUT2D eigenvalue weighted by atomic mass is 9.87. The van der Waals surface area contributed by atoms with Crippen LogP contribution in [0.5, 0.6) is 5.75 Å². The van der Waals surface area contributed by atoms with Crippen LogP contribution >= 0.6 is 11.8 Å². The zero-order valence-electron chi connectivity index (χ0n) is 16.0. The number of carbonyl (C=O) groups excluding carboxylic acids is 1. The number of carbonyl (C=O) groups is 1. The number of allylic oxidation sites excluding steroid dienone is 1. The first-order chi connectivity index (χ1) is 13.7. The third kappa shape index (κ3) is 5.17. The zero-order chi connectivity index (χ0) is 19.8. The second-order valence-corrected chi connectivity index (χ2v) is 7.81. The summed E-state index contributed by atoms with van der Waals surface area (Å²) in [5.41, 5.74) is 2.73. The predicted octanol–water partition coefficient (Wildman–Crippen LogP) is 5.14. The first-order valence-corrected chi connectivity index (χ1v) is 10.5. The second-order valence-electron chi connectivity index (χ2n) is 6.70. The zero-order valence-corrected chi connectivity index (χ0v) is 16.8. The minimum absolute atomic E-state index is 0.0348. The molecule has 0 aliphatic carbocycles. The van der Waals surface area contributed by atoms with Crippen LogP contribution in [0, 0.1) is 11.3 Å². The number of hydrogen-bond donors (Lipinski definition) is 1. The Hall–Kier alpha value is -2.71. The molecule has 28 heavy (non-hydrogen) atoms. The van der Waals surface area contributed by atoms with Crippen LogP contribution < -0.4 is 10.1 Å². The van der Waals surface area contributed by atoms with Crippen LogP contribution in [-0.4, -0.2) is 11.7 Å². The maximum atomic E-state index is 12.2. The van der Waals surface area contributed by atoms with Gasteiger partial charge >= 0.3 is 0 Å². The molecule has 1 N–H and O–H groups in total. The highest BCUT2D eigenvalue weighted by Gasteiger charge is 2.29. The highest BCUT2D eigenvalue weighted by molar-refractivity contribution is 8.03. The summed E-state index contributed by atoms with van der Waals surface area (Å²) in [6, 6.07) is 20.0. The van der Waals surface area contributed by atoms with Crippen molar-refractivity contribution in [2.24, 2.45) is 0 Å². The van der Waals surface area contributed by atoms with Gasteiger partial charge in [0.2, 0.25) is 5.91 Å². The number of unbranched alkanes of at least 4 members (excludes halogenated alkanes) is 1. The van der Waals surface area contributed by atoms with Gasteiger partial charge < -0.3 is 10.1 Å². The molecule has 0 unspecified atom stereocenters. The summed E-state index contributed by atoms with van der Waals surface area (Å²) >= 11 is 1.57. The monoisotopic (exact) mass is 392 g/mol. The van der Waals surface area contributed by atoms with Crippen molar-refractivity contribution in [3.8, 4) is 11.8 Å². The van der Waals surface area contributed by atoms with Crippen molar-refractivity contribution in [3.05, 3.63) is 76.3 Å². The van der Waals surface area contributed by atoms with Crippen molar-refractivity contribution < 1.29 is 9.53 Å². The molecule has 2 aromatic rings. The van der Waals surface area contributed by atoms with Gasteiger partial charge in [-0.25, -0.2) is 0 Å². The second kappa shape index (κ2) is 10.0. The Morgan fingerprint density at radius 2 is 1.93 bits per heavy atom. The molecule has 0 saturated carbocycles. The standard InChI is InChI=1S/C23H24N2O2S/c1-2-3-13-28-23-21(15-24)20(14-22(26)25-23)18-9-11-19(12-10-18)27-16-17-7-5-4-6-8-17/h4-12,20H,2-3,13-14,16H2,1H3,(H,25,26)/t20-/m0/s1. The van der Waals surface area contributed by atoms with Gasteiger partial charge in [-0.05, 0) is 35.4 Å². The third-order valence-corrected chi connectivity index (χ3v) is 5.73. The lowest BCUT2D eigenvalue weighted by Crippen LogP contribution is -2.30. The molecule has 1 amide bonds. The minimum atomic E-state index is -0.203. The minimum Gasteiger partial charge on any atom is -0.489 e. The Morgan fingerprint density at radius 3 is 2.61 bits per heavy atom. The van der Waals surface area contributed by atoms with Crippen LogP contribution in [-0.2, 0) is 11.4 Å². The van der Waals surface area contributed by atoms with E-state index in [0.29, 0.717) is 23.6 Å². The molecule has 0 saturated heterocycles. The maximum Gasteiger partial charge on any atom is 0.225 e. The fourth-order valence-electron chi connectivity index (χ4n) is 3.07. The molecule has 1 atom stereocenters. The third-order valence-electron chi connectivity index (χ3n) is 4.63. The number of hydrogen-bond acceptors (Lipinski definition) is 4. The molecule has 1 heterocycles. The van der Waals surface area contributed by atoms with Crippen molar-refractivity contribution in [3.63, 3.8) is 0 Å². The van der Waals surface area contributed by atoms with E-state index in [9.17, 15) is 10.1 Å². The molecule has 0 aromatic heterocycles.